The van der Waals surface area contributed by atoms with Crippen LogP contribution in [0.4, 0.5) is 0 Å². The van der Waals surface area contributed by atoms with Gasteiger partial charge in [0.15, 0.2) is 0 Å². The van der Waals surface area contributed by atoms with E-state index in [9.17, 15) is 4.79 Å². The fourth-order valence-electron chi connectivity index (χ4n) is 1.28. The van der Waals surface area contributed by atoms with E-state index in [2.05, 4.69) is 5.16 Å². The minimum absolute atomic E-state index is 0.419. The highest BCUT2D eigenvalue weighted by molar-refractivity contribution is 7.12. The summed E-state index contributed by atoms with van der Waals surface area (Å²) in [6, 6.07) is 10.3. The van der Waals surface area contributed by atoms with Gasteiger partial charge in [0.25, 0.3) is 0 Å². The Bertz CT molecular complexity index is 561. The van der Waals surface area contributed by atoms with Gasteiger partial charge in [-0.25, -0.2) is 4.79 Å². The summed E-state index contributed by atoms with van der Waals surface area (Å²) in [5, 5.41) is 6.32. The van der Waals surface area contributed by atoms with Gasteiger partial charge in [-0.3, -0.25) is 0 Å². The van der Waals surface area contributed by atoms with Crippen LogP contribution in [0, 0.1) is 0 Å². The van der Waals surface area contributed by atoms with E-state index in [4.69, 9.17) is 16.4 Å². The van der Waals surface area contributed by atoms with Crippen LogP contribution in [-0.2, 0) is 4.84 Å². The molecule has 0 saturated heterocycles. The highest BCUT2D eigenvalue weighted by Gasteiger charge is 2.07. The third-order valence-electron chi connectivity index (χ3n) is 2.22. The molecule has 0 aliphatic carbocycles. The number of carbonyl (C=O) groups excluding carboxylic acids is 1. The topological polar surface area (TPSA) is 38.7 Å². The number of benzene rings is 1. The molecule has 0 saturated carbocycles. The molecule has 2 aromatic rings. The molecule has 0 aliphatic heterocycles. The molecule has 0 unspecified atom stereocenters. The predicted molar refractivity (Wildman–Crippen MR) is 73.4 cm³/mol. The van der Waals surface area contributed by atoms with Crippen molar-refractivity contribution in [2.24, 2.45) is 5.16 Å². The molecule has 0 aliphatic rings. The lowest BCUT2D eigenvalue weighted by Crippen LogP contribution is -2.02. The van der Waals surface area contributed by atoms with Crippen molar-refractivity contribution in [3.8, 4) is 0 Å². The van der Waals surface area contributed by atoms with Crippen LogP contribution in [0.25, 0.3) is 0 Å². The molecular weight excluding hydrogens is 270 g/mol. The number of carbonyl (C=O) groups is 1. The van der Waals surface area contributed by atoms with Gasteiger partial charge in [0.1, 0.15) is 0 Å². The van der Waals surface area contributed by atoms with E-state index in [1.807, 2.05) is 17.5 Å². The lowest BCUT2D eigenvalue weighted by Gasteiger charge is -1.99. The third-order valence-corrected chi connectivity index (χ3v) is 3.45. The van der Waals surface area contributed by atoms with Gasteiger partial charge in [0.2, 0.25) is 0 Å². The summed E-state index contributed by atoms with van der Waals surface area (Å²) in [6.45, 7) is 1.79. The number of hydrogen-bond donors (Lipinski definition) is 0. The van der Waals surface area contributed by atoms with Crippen LogP contribution in [0.5, 0.6) is 0 Å². The zero-order valence-corrected chi connectivity index (χ0v) is 11.2. The molecular formula is C13H10ClNO2S. The number of hydrogen-bond acceptors (Lipinski definition) is 4. The summed E-state index contributed by atoms with van der Waals surface area (Å²) in [5.41, 5.74) is 1.09. The Morgan fingerprint density at radius 3 is 2.61 bits per heavy atom. The zero-order valence-electron chi connectivity index (χ0n) is 9.59. The van der Waals surface area contributed by atoms with E-state index in [0.717, 1.165) is 4.88 Å². The average molecular weight is 280 g/mol. The molecule has 0 atom stereocenters. The second kappa shape index (κ2) is 5.80. The normalized spacial score (nSPS) is 11.3. The molecule has 18 heavy (non-hydrogen) atoms. The zero-order chi connectivity index (χ0) is 13.0. The fraction of sp³-hybridized carbons (Fsp3) is 0.0769. The molecule has 0 fully saturated rings. The van der Waals surface area contributed by atoms with Gasteiger partial charge in [-0.05, 0) is 42.6 Å². The minimum Gasteiger partial charge on any atom is -0.313 e. The molecule has 0 amide bonds. The van der Waals surface area contributed by atoms with Crippen molar-refractivity contribution in [3.63, 3.8) is 0 Å². The van der Waals surface area contributed by atoms with Crippen molar-refractivity contribution in [1.82, 2.24) is 0 Å². The van der Waals surface area contributed by atoms with Crippen LogP contribution in [-0.4, -0.2) is 11.7 Å². The number of nitrogens with zero attached hydrogens (tertiary/aromatic N) is 1. The maximum atomic E-state index is 11.7. The van der Waals surface area contributed by atoms with Crippen molar-refractivity contribution in [3.05, 3.63) is 57.2 Å². The summed E-state index contributed by atoms with van der Waals surface area (Å²) in [7, 11) is 0. The highest BCUT2D eigenvalue weighted by Crippen LogP contribution is 2.12. The number of thiophene rings is 1. The molecule has 5 heteroatoms. The van der Waals surface area contributed by atoms with Crippen LogP contribution in [0.15, 0.2) is 46.9 Å². The largest absolute Gasteiger partial charge is 0.365 e. The molecule has 92 valence electrons. The Kier molecular flexibility index (Phi) is 4.12. The van der Waals surface area contributed by atoms with E-state index in [0.29, 0.717) is 16.3 Å². The Balaban J connectivity index is 2.04. The Hall–Kier alpha value is -1.65. The lowest BCUT2D eigenvalue weighted by atomic mass is 10.2. The maximum Gasteiger partial charge on any atom is 0.365 e. The molecule has 2 rings (SSSR count). The van der Waals surface area contributed by atoms with Crippen LogP contribution in [0.2, 0.25) is 5.02 Å². The van der Waals surface area contributed by atoms with Crippen molar-refractivity contribution >= 4 is 34.6 Å². The quantitative estimate of drug-likeness (QED) is 0.484. The standard InChI is InChI=1S/C13H10ClNO2S/c1-9(12-3-2-8-18-12)15-17-13(16)10-4-6-11(14)7-5-10/h2-8H,1H3/b15-9-. The van der Waals surface area contributed by atoms with Gasteiger partial charge in [-0.1, -0.05) is 22.8 Å². The summed E-state index contributed by atoms with van der Waals surface area (Å²) in [5.74, 6) is -0.498. The van der Waals surface area contributed by atoms with Gasteiger partial charge in [0, 0.05) is 5.02 Å². The molecule has 1 heterocycles. The Labute approximate surface area is 114 Å². The van der Waals surface area contributed by atoms with Crippen LogP contribution < -0.4 is 0 Å². The first-order valence-corrected chi connectivity index (χ1v) is 6.48. The molecule has 0 radical (unpaired) electrons. The first-order valence-electron chi connectivity index (χ1n) is 5.22. The van der Waals surface area contributed by atoms with E-state index in [-0.39, 0.29) is 0 Å². The van der Waals surface area contributed by atoms with Gasteiger partial charge >= 0.3 is 5.97 Å². The Morgan fingerprint density at radius 2 is 2.00 bits per heavy atom. The van der Waals surface area contributed by atoms with Crippen LogP contribution in [0.3, 0.4) is 0 Å². The van der Waals surface area contributed by atoms with E-state index in [1.54, 1.807) is 42.5 Å². The second-order valence-corrected chi connectivity index (χ2v) is 4.92. The summed E-state index contributed by atoms with van der Waals surface area (Å²) in [4.78, 5) is 17.5. The molecule has 1 aromatic heterocycles. The van der Waals surface area contributed by atoms with Crippen LogP contribution in [0.1, 0.15) is 22.2 Å². The summed E-state index contributed by atoms with van der Waals surface area (Å²) >= 11 is 7.27. The molecule has 3 nitrogen and oxygen atoms in total. The summed E-state index contributed by atoms with van der Waals surface area (Å²) in [6.07, 6.45) is 0. The number of rotatable bonds is 3. The second-order valence-electron chi connectivity index (χ2n) is 3.54. The smallest absolute Gasteiger partial charge is 0.313 e. The maximum absolute atomic E-state index is 11.7. The minimum atomic E-state index is -0.498. The van der Waals surface area contributed by atoms with Crippen molar-refractivity contribution in [1.29, 1.82) is 0 Å². The predicted octanol–water partition coefficient (Wildman–Crippen LogP) is 3.98. The average Bonchev–Trinajstić information content (AvgIpc) is 2.90. The van der Waals surface area contributed by atoms with Crippen LogP contribution >= 0.6 is 22.9 Å². The number of oxime groups is 1. The summed E-state index contributed by atoms with van der Waals surface area (Å²) < 4.78 is 0. The SMILES string of the molecule is C/C(=N/OC(=O)c1ccc(Cl)cc1)c1cccs1. The van der Waals surface area contributed by atoms with Gasteiger partial charge in [-0.2, -0.15) is 0 Å². The first-order chi connectivity index (χ1) is 8.66. The van der Waals surface area contributed by atoms with E-state index in [1.165, 1.54) is 0 Å². The third kappa shape index (κ3) is 3.18. The highest BCUT2D eigenvalue weighted by atomic mass is 35.5. The van der Waals surface area contributed by atoms with Gasteiger partial charge in [0.05, 0.1) is 16.2 Å². The van der Waals surface area contributed by atoms with E-state index < -0.39 is 5.97 Å². The molecule has 0 spiro atoms. The van der Waals surface area contributed by atoms with Crippen molar-refractivity contribution in [2.45, 2.75) is 6.92 Å². The monoisotopic (exact) mass is 279 g/mol. The first kappa shape index (κ1) is 12.8. The van der Waals surface area contributed by atoms with Crippen molar-refractivity contribution < 1.29 is 9.63 Å². The van der Waals surface area contributed by atoms with Gasteiger partial charge < -0.3 is 4.84 Å². The fourth-order valence-corrected chi connectivity index (χ4v) is 2.07. The van der Waals surface area contributed by atoms with Gasteiger partial charge in [-0.15, -0.1) is 11.3 Å². The van der Waals surface area contributed by atoms with E-state index >= 15 is 0 Å². The van der Waals surface area contributed by atoms with Crippen molar-refractivity contribution in [2.75, 3.05) is 0 Å². The molecule has 0 bridgehead atoms. The lowest BCUT2D eigenvalue weighted by molar-refractivity contribution is 0.0516. The molecule has 1 aromatic carbocycles. The molecule has 0 N–H and O–H groups in total. The number of halogens is 1. The Morgan fingerprint density at radius 1 is 1.28 bits per heavy atom.